The van der Waals surface area contributed by atoms with Crippen LogP contribution in [0.4, 0.5) is 15.3 Å². The molecule has 0 fully saturated rings. The minimum atomic E-state index is -0.443. The maximum absolute atomic E-state index is 13.3. The average Bonchev–Trinajstić information content (AvgIpc) is 2.81. The number of fused-ring (bicyclic) bond motifs is 1. The first-order valence-corrected chi connectivity index (χ1v) is 11.5. The van der Waals surface area contributed by atoms with E-state index in [1.165, 1.54) is 0 Å². The fourth-order valence-electron chi connectivity index (χ4n) is 4.27. The molecule has 2 aromatic carbocycles. The molecule has 0 bridgehead atoms. The van der Waals surface area contributed by atoms with Crippen LogP contribution in [0.3, 0.4) is 0 Å². The number of carbonyl (C=O) groups is 2. The number of hydrogen-bond donors (Lipinski definition) is 0. The second kappa shape index (κ2) is 11.1. The molecule has 0 N–H and O–H groups in total. The van der Waals surface area contributed by atoms with E-state index in [1.807, 2.05) is 57.2 Å². The third-order valence-corrected chi connectivity index (χ3v) is 5.76. The number of anilines is 1. The molecule has 0 saturated heterocycles. The van der Waals surface area contributed by atoms with Crippen molar-refractivity contribution >= 4 is 17.9 Å². The van der Waals surface area contributed by atoms with Gasteiger partial charge >= 0.3 is 12.2 Å². The van der Waals surface area contributed by atoms with E-state index in [2.05, 4.69) is 0 Å². The van der Waals surface area contributed by atoms with Gasteiger partial charge in [-0.1, -0.05) is 30.3 Å². The lowest BCUT2D eigenvalue weighted by molar-refractivity contribution is 0.0560. The average molecular weight is 471 g/mol. The van der Waals surface area contributed by atoms with E-state index in [9.17, 15) is 9.59 Å². The van der Waals surface area contributed by atoms with Crippen LogP contribution in [-0.2, 0) is 16.0 Å². The number of rotatable bonds is 7. The number of ether oxygens (including phenoxy) is 4. The lowest BCUT2D eigenvalue weighted by Gasteiger charge is -2.43. The molecule has 8 nitrogen and oxygen atoms in total. The molecular weight excluding hydrogens is 436 g/mol. The monoisotopic (exact) mass is 470 g/mol. The van der Waals surface area contributed by atoms with Crippen molar-refractivity contribution in [2.75, 3.05) is 25.7 Å². The van der Waals surface area contributed by atoms with Gasteiger partial charge in [-0.15, -0.1) is 0 Å². The first-order chi connectivity index (χ1) is 16.3. The van der Waals surface area contributed by atoms with Crippen LogP contribution < -0.4 is 14.4 Å². The van der Waals surface area contributed by atoms with E-state index >= 15 is 0 Å². The molecule has 34 heavy (non-hydrogen) atoms. The van der Waals surface area contributed by atoms with Crippen molar-refractivity contribution in [1.29, 1.82) is 0 Å². The molecule has 2 amide bonds. The Labute approximate surface area is 201 Å². The molecule has 1 heterocycles. The Morgan fingerprint density at radius 1 is 1.09 bits per heavy atom. The summed E-state index contributed by atoms with van der Waals surface area (Å²) in [6.45, 7) is 7.98. The molecule has 8 heteroatoms. The molecule has 1 aliphatic rings. The summed E-state index contributed by atoms with van der Waals surface area (Å²) in [6.07, 6.45) is -0.628. The largest absolute Gasteiger partial charge is 0.493 e. The van der Waals surface area contributed by atoms with E-state index in [-0.39, 0.29) is 24.8 Å². The van der Waals surface area contributed by atoms with Crippen molar-refractivity contribution < 1.29 is 28.5 Å². The van der Waals surface area contributed by atoms with Crippen LogP contribution in [0.15, 0.2) is 42.5 Å². The SMILES string of the molecule is CCOC(=O)N1c2cc(OC)c(OC)cc2[C@@H](N(Cc2ccccc2)C(=O)OC(C)C)C[C@H]1C. The summed E-state index contributed by atoms with van der Waals surface area (Å²) >= 11 is 0. The Balaban J connectivity index is 2.14. The van der Waals surface area contributed by atoms with Crippen molar-refractivity contribution in [3.05, 3.63) is 53.6 Å². The summed E-state index contributed by atoms with van der Waals surface area (Å²) in [7, 11) is 3.10. The van der Waals surface area contributed by atoms with Crippen LogP contribution in [0, 0.1) is 0 Å². The van der Waals surface area contributed by atoms with Gasteiger partial charge in [0.25, 0.3) is 0 Å². The van der Waals surface area contributed by atoms with E-state index in [0.717, 1.165) is 11.1 Å². The Hall–Kier alpha value is -3.42. The van der Waals surface area contributed by atoms with Crippen molar-refractivity contribution in [3.63, 3.8) is 0 Å². The van der Waals surface area contributed by atoms with E-state index in [4.69, 9.17) is 18.9 Å². The smallest absolute Gasteiger partial charge is 0.414 e. The molecule has 2 aromatic rings. The van der Waals surface area contributed by atoms with Gasteiger partial charge in [0.15, 0.2) is 11.5 Å². The highest BCUT2D eigenvalue weighted by molar-refractivity contribution is 5.91. The number of methoxy groups -OCH3 is 2. The Bertz CT molecular complexity index is 994. The number of benzene rings is 2. The highest BCUT2D eigenvalue weighted by atomic mass is 16.6. The maximum atomic E-state index is 13.3. The van der Waals surface area contributed by atoms with Crippen molar-refractivity contribution in [2.45, 2.75) is 58.8 Å². The van der Waals surface area contributed by atoms with Crippen molar-refractivity contribution in [1.82, 2.24) is 4.90 Å². The van der Waals surface area contributed by atoms with Crippen LogP contribution in [0.5, 0.6) is 11.5 Å². The zero-order valence-corrected chi connectivity index (χ0v) is 20.7. The van der Waals surface area contributed by atoms with Gasteiger partial charge in [-0.3, -0.25) is 9.80 Å². The quantitative estimate of drug-likeness (QED) is 0.528. The fraction of sp³-hybridized carbons (Fsp3) is 0.462. The zero-order chi connectivity index (χ0) is 24.8. The molecular formula is C26H34N2O6. The highest BCUT2D eigenvalue weighted by Crippen LogP contribution is 2.46. The van der Waals surface area contributed by atoms with Gasteiger partial charge in [0.2, 0.25) is 0 Å². The highest BCUT2D eigenvalue weighted by Gasteiger charge is 2.40. The topological polar surface area (TPSA) is 77.5 Å². The van der Waals surface area contributed by atoms with Crippen molar-refractivity contribution in [2.24, 2.45) is 0 Å². The van der Waals surface area contributed by atoms with Crippen LogP contribution in [-0.4, -0.2) is 50.1 Å². The van der Waals surface area contributed by atoms with E-state index < -0.39 is 12.2 Å². The molecule has 0 radical (unpaired) electrons. The number of nitrogens with zero attached hydrogens (tertiary/aromatic N) is 2. The summed E-state index contributed by atoms with van der Waals surface area (Å²) in [5, 5.41) is 0. The number of carbonyl (C=O) groups excluding carboxylic acids is 2. The molecule has 0 saturated carbocycles. The number of hydrogen-bond acceptors (Lipinski definition) is 6. The number of amides is 2. The lowest BCUT2D eigenvalue weighted by atomic mass is 9.90. The Kier molecular flexibility index (Phi) is 8.26. The summed E-state index contributed by atoms with van der Waals surface area (Å²) in [5.74, 6) is 1.00. The molecule has 0 unspecified atom stereocenters. The normalized spacial score (nSPS) is 17.1. The third-order valence-electron chi connectivity index (χ3n) is 5.76. The lowest BCUT2D eigenvalue weighted by Crippen LogP contribution is -2.48. The molecule has 1 aliphatic heterocycles. The zero-order valence-electron chi connectivity index (χ0n) is 20.7. The summed E-state index contributed by atoms with van der Waals surface area (Å²) in [5.41, 5.74) is 2.36. The van der Waals surface area contributed by atoms with Crippen molar-refractivity contribution in [3.8, 4) is 11.5 Å². The minimum absolute atomic E-state index is 0.236. The van der Waals surface area contributed by atoms with Crippen LogP contribution in [0.1, 0.15) is 51.3 Å². The second-order valence-electron chi connectivity index (χ2n) is 8.48. The molecule has 2 atom stereocenters. The molecule has 0 aliphatic carbocycles. The predicted octanol–water partition coefficient (Wildman–Crippen LogP) is 5.55. The first kappa shape index (κ1) is 25.2. The Morgan fingerprint density at radius 2 is 1.74 bits per heavy atom. The van der Waals surface area contributed by atoms with E-state index in [1.54, 1.807) is 37.0 Å². The standard InChI is InChI=1S/C26H34N2O6/c1-7-33-26(30)28-18(4)13-21(20-14-23(31-5)24(32-6)15-22(20)28)27(25(29)34-17(2)3)16-19-11-9-8-10-12-19/h8-12,14-15,17-18,21H,7,13,16H2,1-6H3/t18-,21+/m1/s1. The van der Waals surface area contributed by atoms with Crippen LogP contribution in [0.25, 0.3) is 0 Å². The van der Waals surface area contributed by atoms with Gasteiger partial charge in [0.1, 0.15) is 0 Å². The summed E-state index contributed by atoms with van der Waals surface area (Å²) < 4.78 is 22.0. The fourth-order valence-corrected chi connectivity index (χ4v) is 4.27. The van der Waals surface area contributed by atoms with Gasteiger partial charge in [0.05, 0.1) is 38.7 Å². The maximum Gasteiger partial charge on any atom is 0.414 e. The summed E-state index contributed by atoms with van der Waals surface area (Å²) in [4.78, 5) is 29.5. The summed E-state index contributed by atoms with van der Waals surface area (Å²) in [6, 6.07) is 12.8. The van der Waals surface area contributed by atoms with Gasteiger partial charge < -0.3 is 18.9 Å². The van der Waals surface area contributed by atoms with Crippen LogP contribution in [0.2, 0.25) is 0 Å². The van der Waals surface area contributed by atoms with Gasteiger partial charge in [0, 0.05) is 24.2 Å². The van der Waals surface area contributed by atoms with Gasteiger partial charge in [-0.05, 0) is 45.7 Å². The van der Waals surface area contributed by atoms with Gasteiger partial charge in [-0.2, -0.15) is 0 Å². The van der Waals surface area contributed by atoms with Gasteiger partial charge in [-0.25, -0.2) is 9.59 Å². The first-order valence-electron chi connectivity index (χ1n) is 11.5. The van der Waals surface area contributed by atoms with E-state index in [0.29, 0.717) is 30.2 Å². The molecule has 0 aromatic heterocycles. The molecule has 0 spiro atoms. The molecule has 3 rings (SSSR count). The second-order valence-corrected chi connectivity index (χ2v) is 8.48. The third kappa shape index (κ3) is 5.38. The molecule has 184 valence electrons. The Morgan fingerprint density at radius 3 is 2.32 bits per heavy atom. The minimum Gasteiger partial charge on any atom is -0.493 e. The predicted molar refractivity (Wildman–Crippen MR) is 129 cm³/mol. The van der Waals surface area contributed by atoms with Crippen LogP contribution >= 0.6 is 0 Å².